The van der Waals surface area contributed by atoms with Crippen LogP contribution in [0, 0.1) is 0 Å². The monoisotopic (exact) mass is 462 g/mol. The third kappa shape index (κ3) is 3.65. The molecule has 0 bridgehead atoms. The summed E-state index contributed by atoms with van der Waals surface area (Å²) in [4.78, 5) is 14.6. The first kappa shape index (κ1) is 18.2. The van der Waals surface area contributed by atoms with Crippen molar-refractivity contribution in [3.8, 4) is 0 Å². The normalized spacial score (nSPS) is 13.4. The Morgan fingerprint density at radius 1 is 1.04 bits per heavy atom. The van der Waals surface area contributed by atoms with Crippen LogP contribution in [0.5, 0.6) is 0 Å². The lowest BCUT2D eigenvalue weighted by Gasteiger charge is -2.17. The molecule has 8 heteroatoms. The number of fused-ring (bicyclic) bond motifs is 1. The minimum Gasteiger partial charge on any atom is -0.308 e. The van der Waals surface area contributed by atoms with Crippen LogP contribution in [0.2, 0.25) is 0 Å². The Hall–Kier alpha value is -2.16. The summed E-state index contributed by atoms with van der Waals surface area (Å²) in [5.74, 6) is -0.0865. The van der Waals surface area contributed by atoms with E-state index in [2.05, 4.69) is 20.7 Å². The number of rotatable bonds is 4. The van der Waals surface area contributed by atoms with E-state index in [1.54, 1.807) is 41.3 Å². The van der Waals surface area contributed by atoms with Crippen LogP contribution in [0.15, 0.2) is 68.7 Å². The van der Waals surface area contributed by atoms with Crippen molar-refractivity contribution >= 4 is 54.6 Å². The van der Waals surface area contributed by atoms with E-state index >= 15 is 0 Å². The largest absolute Gasteiger partial charge is 0.308 e. The van der Waals surface area contributed by atoms with Gasteiger partial charge in [0, 0.05) is 23.5 Å². The second kappa shape index (κ2) is 7.10. The smallest absolute Gasteiger partial charge is 0.271 e. The van der Waals surface area contributed by atoms with Crippen LogP contribution >= 0.6 is 27.3 Å². The number of nitrogens with zero attached hydrogens (tertiary/aromatic N) is 1. The van der Waals surface area contributed by atoms with Gasteiger partial charge in [0.1, 0.15) is 4.21 Å². The number of sulfonamides is 1. The predicted octanol–water partition coefficient (Wildman–Crippen LogP) is 4.51. The van der Waals surface area contributed by atoms with Crippen molar-refractivity contribution in [3.63, 3.8) is 0 Å². The lowest BCUT2D eigenvalue weighted by Crippen LogP contribution is -2.28. The summed E-state index contributed by atoms with van der Waals surface area (Å²) in [7, 11) is -3.64. The molecule has 0 saturated heterocycles. The molecule has 3 aromatic rings. The van der Waals surface area contributed by atoms with E-state index in [-0.39, 0.29) is 10.1 Å². The molecule has 138 valence electrons. The quantitative estimate of drug-likeness (QED) is 0.619. The standard InChI is InChI=1S/C19H15BrN2O3S2/c20-17-9-10-18(26-17)27(24,25)21-15-7-5-14(6-8-15)19(23)22-12-11-13-3-1-2-4-16(13)22/h1-10,21H,11-12H2. The summed E-state index contributed by atoms with van der Waals surface area (Å²) in [5.41, 5.74) is 3.04. The predicted molar refractivity (Wildman–Crippen MR) is 111 cm³/mol. The Morgan fingerprint density at radius 3 is 2.48 bits per heavy atom. The molecule has 27 heavy (non-hydrogen) atoms. The molecular weight excluding hydrogens is 448 g/mol. The highest BCUT2D eigenvalue weighted by molar-refractivity contribution is 9.11. The van der Waals surface area contributed by atoms with Gasteiger partial charge in [-0.05, 0) is 70.4 Å². The van der Waals surface area contributed by atoms with E-state index < -0.39 is 10.0 Å². The molecule has 5 nitrogen and oxygen atoms in total. The zero-order valence-corrected chi connectivity index (χ0v) is 17.3. The summed E-state index contributed by atoms with van der Waals surface area (Å²) in [6, 6.07) is 17.6. The first-order chi connectivity index (χ1) is 12.9. The van der Waals surface area contributed by atoms with E-state index in [0.717, 1.165) is 32.8 Å². The zero-order valence-electron chi connectivity index (χ0n) is 14.1. The maximum absolute atomic E-state index is 12.8. The Labute approximate surface area is 169 Å². The van der Waals surface area contributed by atoms with Crippen molar-refractivity contribution < 1.29 is 13.2 Å². The van der Waals surface area contributed by atoms with Crippen molar-refractivity contribution in [1.29, 1.82) is 0 Å². The molecule has 0 spiro atoms. The van der Waals surface area contributed by atoms with Gasteiger partial charge in [0.25, 0.3) is 15.9 Å². The van der Waals surface area contributed by atoms with Crippen LogP contribution in [0.3, 0.4) is 0 Å². The molecule has 1 aromatic heterocycles. The van der Waals surface area contributed by atoms with Crippen molar-refractivity contribution in [2.75, 3.05) is 16.2 Å². The summed E-state index contributed by atoms with van der Waals surface area (Å²) in [6.45, 7) is 0.653. The maximum Gasteiger partial charge on any atom is 0.271 e. The van der Waals surface area contributed by atoms with E-state index in [0.29, 0.717) is 17.8 Å². The van der Waals surface area contributed by atoms with Gasteiger partial charge >= 0.3 is 0 Å². The minimum atomic E-state index is -3.64. The minimum absolute atomic E-state index is 0.0865. The second-order valence-corrected chi connectivity index (χ2v) is 10.4. The fraction of sp³-hybridized carbons (Fsp3) is 0.105. The van der Waals surface area contributed by atoms with E-state index in [1.165, 1.54) is 0 Å². The fourth-order valence-electron chi connectivity index (χ4n) is 3.03. The highest BCUT2D eigenvalue weighted by Gasteiger charge is 2.25. The summed E-state index contributed by atoms with van der Waals surface area (Å²) >= 11 is 4.40. The molecule has 0 saturated carbocycles. The van der Waals surface area contributed by atoms with Gasteiger partial charge in [-0.25, -0.2) is 8.42 Å². The number of carbonyl (C=O) groups is 1. The fourth-order valence-corrected chi connectivity index (χ4v) is 6.10. The van der Waals surface area contributed by atoms with Crippen molar-refractivity contribution in [1.82, 2.24) is 0 Å². The van der Waals surface area contributed by atoms with Gasteiger partial charge in [0.05, 0.1) is 3.79 Å². The topological polar surface area (TPSA) is 66.5 Å². The molecule has 0 unspecified atom stereocenters. The number of para-hydroxylation sites is 1. The van der Waals surface area contributed by atoms with Gasteiger partial charge in [-0.1, -0.05) is 18.2 Å². The van der Waals surface area contributed by atoms with Gasteiger partial charge in [-0.15, -0.1) is 11.3 Å². The summed E-state index contributed by atoms with van der Waals surface area (Å²) < 4.78 is 28.3. The molecule has 1 aliphatic heterocycles. The third-order valence-corrected chi connectivity index (χ3v) is 7.83. The summed E-state index contributed by atoms with van der Waals surface area (Å²) in [6.07, 6.45) is 0.843. The Bertz CT molecular complexity index is 1110. The highest BCUT2D eigenvalue weighted by Crippen LogP contribution is 2.30. The number of carbonyl (C=O) groups excluding carboxylic acids is 1. The molecule has 0 atom stereocenters. The van der Waals surface area contributed by atoms with Crippen molar-refractivity contribution in [3.05, 3.63) is 75.6 Å². The van der Waals surface area contributed by atoms with Gasteiger partial charge in [0.15, 0.2) is 0 Å². The van der Waals surface area contributed by atoms with Gasteiger partial charge < -0.3 is 4.90 Å². The van der Waals surface area contributed by atoms with Crippen molar-refractivity contribution in [2.45, 2.75) is 10.6 Å². The lowest BCUT2D eigenvalue weighted by atomic mass is 10.1. The van der Waals surface area contributed by atoms with E-state index in [4.69, 9.17) is 0 Å². The number of benzene rings is 2. The maximum atomic E-state index is 12.8. The number of thiophene rings is 1. The first-order valence-electron chi connectivity index (χ1n) is 8.22. The molecular formula is C19H15BrN2O3S2. The zero-order chi connectivity index (χ0) is 19.0. The van der Waals surface area contributed by atoms with Crippen LogP contribution < -0.4 is 9.62 Å². The molecule has 1 aliphatic rings. The van der Waals surface area contributed by atoms with Crippen LogP contribution in [-0.4, -0.2) is 20.9 Å². The molecule has 1 N–H and O–H groups in total. The number of hydrogen-bond donors (Lipinski definition) is 1. The van der Waals surface area contributed by atoms with Crippen LogP contribution in [0.1, 0.15) is 15.9 Å². The third-order valence-electron chi connectivity index (χ3n) is 4.33. The molecule has 0 radical (unpaired) electrons. The first-order valence-corrected chi connectivity index (χ1v) is 11.3. The van der Waals surface area contributed by atoms with Gasteiger partial charge in [-0.2, -0.15) is 0 Å². The number of nitrogens with one attached hydrogen (secondary N) is 1. The molecule has 2 aromatic carbocycles. The summed E-state index contributed by atoms with van der Waals surface area (Å²) in [5, 5.41) is 0. The Balaban J connectivity index is 1.52. The van der Waals surface area contributed by atoms with Crippen molar-refractivity contribution in [2.24, 2.45) is 0 Å². The molecule has 4 rings (SSSR count). The second-order valence-electron chi connectivity index (χ2n) is 6.08. The average molecular weight is 463 g/mol. The molecule has 0 aliphatic carbocycles. The Kier molecular flexibility index (Phi) is 4.79. The highest BCUT2D eigenvalue weighted by atomic mass is 79.9. The van der Waals surface area contributed by atoms with Crippen LogP contribution in [0.4, 0.5) is 11.4 Å². The van der Waals surface area contributed by atoms with E-state index in [9.17, 15) is 13.2 Å². The van der Waals surface area contributed by atoms with E-state index in [1.807, 2.05) is 24.3 Å². The Morgan fingerprint density at radius 2 is 1.78 bits per heavy atom. The molecule has 2 heterocycles. The van der Waals surface area contributed by atoms with Gasteiger partial charge in [0.2, 0.25) is 0 Å². The number of amides is 1. The molecule has 0 fully saturated rings. The van der Waals surface area contributed by atoms with Crippen LogP contribution in [0.25, 0.3) is 0 Å². The van der Waals surface area contributed by atoms with Crippen LogP contribution in [-0.2, 0) is 16.4 Å². The SMILES string of the molecule is O=C(c1ccc(NS(=O)(=O)c2ccc(Br)s2)cc1)N1CCc2ccccc21. The molecule has 1 amide bonds. The van der Waals surface area contributed by atoms with Gasteiger partial charge in [-0.3, -0.25) is 9.52 Å². The number of anilines is 2. The number of hydrogen-bond acceptors (Lipinski definition) is 4. The average Bonchev–Trinajstić information content (AvgIpc) is 3.28. The lowest BCUT2D eigenvalue weighted by molar-refractivity contribution is 0.0989. The number of halogens is 1.